The molecule has 1 aromatic carbocycles. The monoisotopic (exact) mass is 343 g/mol. The number of hydrogen-bond acceptors (Lipinski definition) is 4. The maximum atomic E-state index is 5.88. The van der Waals surface area contributed by atoms with Crippen LogP contribution < -0.4 is 10.1 Å². The molecule has 1 N–H and O–H groups in total. The summed E-state index contributed by atoms with van der Waals surface area (Å²) < 4.78 is 13.4. The smallest absolute Gasteiger partial charge is 0.193 e. The van der Waals surface area contributed by atoms with Gasteiger partial charge in [-0.15, -0.1) is 0 Å². The second-order valence-electron chi connectivity index (χ2n) is 5.89. The first-order chi connectivity index (χ1) is 12.3. The highest BCUT2D eigenvalue weighted by molar-refractivity contribution is 5.80. The van der Waals surface area contributed by atoms with E-state index < -0.39 is 0 Å². The summed E-state index contributed by atoms with van der Waals surface area (Å²) in [4.78, 5) is 6.60. The zero-order valence-electron chi connectivity index (χ0n) is 14.8. The van der Waals surface area contributed by atoms with E-state index in [0.717, 1.165) is 30.4 Å². The number of aryl methyl sites for hydroxylation is 1. The van der Waals surface area contributed by atoms with Crippen LogP contribution in [0.1, 0.15) is 11.7 Å². The third kappa shape index (κ3) is 4.73. The fourth-order valence-corrected chi connectivity index (χ4v) is 2.83. The second kappa shape index (κ2) is 8.53. The summed E-state index contributed by atoms with van der Waals surface area (Å²) in [6.07, 6.45) is 3.87. The predicted molar refractivity (Wildman–Crippen MR) is 96.8 cm³/mol. The number of nitrogens with one attached hydrogen (secondary N) is 1. The number of para-hydroxylation sites is 1. The highest BCUT2D eigenvalue weighted by Gasteiger charge is 2.24. The number of aliphatic imine (C=N–C) groups is 1. The van der Waals surface area contributed by atoms with Gasteiger partial charge >= 0.3 is 0 Å². The highest BCUT2D eigenvalue weighted by Crippen LogP contribution is 2.21. The Bertz CT molecular complexity index is 686. The van der Waals surface area contributed by atoms with Crippen LogP contribution in [0.2, 0.25) is 0 Å². The number of rotatable bonds is 5. The maximum Gasteiger partial charge on any atom is 0.193 e. The van der Waals surface area contributed by atoms with Gasteiger partial charge in [0, 0.05) is 32.4 Å². The van der Waals surface area contributed by atoms with Crippen molar-refractivity contribution in [2.45, 2.75) is 6.10 Å². The Morgan fingerprint density at radius 1 is 1.40 bits per heavy atom. The van der Waals surface area contributed by atoms with Crippen LogP contribution in [0.25, 0.3) is 0 Å². The summed E-state index contributed by atoms with van der Waals surface area (Å²) in [7, 11) is 3.71. The maximum absolute atomic E-state index is 5.88. The van der Waals surface area contributed by atoms with Gasteiger partial charge in [0.05, 0.1) is 25.9 Å². The summed E-state index contributed by atoms with van der Waals surface area (Å²) in [5, 5.41) is 7.59. The quantitative estimate of drug-likeness (QED) is 0.506. The minimum atomic E-state index is 0.0153. The number of benzene rings is 1. The minimum absolute atomic E-state index is 0.0153. The molecule has 0 amide bonds. The van der Waals surface area contributed by atoms with E-state index >= 15 is 0 Å². The van der Waals surface area contributed by atoms with Crippen molar-refractivity contribution in [1.82, 2.24) is 20.0 Å². The molecule has 0 radical (unpaired) electrons. The number of guanidine groups is 1. The third-order valence-electron chi connectivity index (χ3n) is 4.07. The van der Waals surface area contributed by atoms with Crippen molar-refractivity contribution < 1.29 is 9.47 Å². The Labute approximate surface area is 148 Å². The Morgan fingerprint density at radius 2 is 2.24 bits per heavy atom. The van der Waals surface area contributed by atoms with E-state index in [4.69, 9.17) is 9.47 Å². The van der Waals surface area contributed by atoms with Gasteiger partial charge in [-0.05, 0) is 12.1 Å². The van der Waals surface area contributed by atoms with Crippen molar-refractivity contribution in [2.24, 2.45) is 12.0 Å². The lowest BCUT2D eigenvalue weighted by Crippen LogP contribution is -2.48. The Balaban J connectivity index is 1.48. The summed E-state index contributed by atoms with van der Waals surface area (Å²) in [6.45, 7) is 3.51. The van der Waals surface area contributed by atoms with Crippen molar-refractivity contribution in [3.63, 3.8) is 0 Å². The van der Waals surface area contributed by atoms with Crippen LogP contribution in [-0.4, -0.2) is 60.5 Å². The van der Waals surface area contributed by atoms with Gasteiger partial charge in [-0.25, -0.2) is 0 Å². The Morgan fingerprint density at radius 3 is 2.96 bits per heavy atom. The van der Waals surface area contributed by atoms with Gasteiger partial charge in [0.25, 0.3) is 0 Å². The molecular weight excluding hydrogens is 318 g/mol. The first-order valence-corrected chi connectivity index (χ1v) is 8.50. The molecule has 3 rings (SSSR count). The molecule has 1 aliphatic heterocycles. The van der Waals surface area contributed by atoms with Gasteiger partial charge < -0.3 is 19.7 Å². The lowest BCUT2D eigenvalue weighted by atomic mass is 10.1. The SMILES string of the molecule is CN=C(NCCOc1ccccc1)N1CCOC(c2cnn(C)c2)C1. The van der Waals surface area contributed by atoms with Gasteiger partial charge in [0.2, 0.25) is 0 Å². The largest absolute Gasteiger partial charge is 0.492 e. The molecule has 7 nitrogen and oxygen atoms in total. The van der Waals surface area contributed by atoms with Crippen LogP contribution in [0.15, 0.2) is 47.7 Å². The van der Waals surface area contributed by atoms with E-state index in [1.165, 1.54) is 0 Å². The number of aromatic nitrogens is 2. The lowest BCUT2D eigenvalue weighted by Gasteiger charge is -2.34. The van der Waals surface area contributed by atoms with Crippen LogP contribution in [0.4, 0.5) is 0 Å². The molecule has 0 spiro atoms. The topological polar surface area (TPSA) is 63.9 Å². The zero-order valence-corrected chi connectivity index (χ0v) is 14.8. The molecular formula is C18H25N5O2. The molecule has 134 valence electrons. The molecule has 7 heteroatoms. The normalized spacial score (nSPS) is 18.2. The van der Waals surface area contributed by atoms with Crippen molar-refractivity contribution in [3.05, 3.63) is 48.3 Å². The highest BCUT2D eigenvalue weighted by atomic mass is 16.5. The molecule has 0 saturated carbocycles. The molecule has 1 fully saturated rings. The van der Waals surface area contributed by atoms with Crippen LogP contribution in [0, 0.1) is 0 Å². The van der Waals surface area contributed by atoms with E-state index in [1.807, 2.05) is 49.8 Å². The average Bonchev–Trinajstić information content (AvgIpc) is 3.09. The number of ether oxygens (including phenoxy) is 2. The van der Waals surface area contributed by atoms with Gasteiger partial charge in [-0.3, -0.25) is 9.67 Å². The average molecular weight is 343 g/mol. The standard InChI is InChI=1S/C18H25N5O2/c1-19-18(20-8-10-24-16-6-4-3-5-7-16)23-9-11-25-17(14-23)15-12-21-22(2)13-15/h3-7,12-13,17H,8-11,14H2,1-2H3,(H,19,20). The molecule has 1 atom stereocenters. The molecule has 2 heterocycles. The molecule has 1 unspecified atom stereocenters. The molecule has 25 heavy (non-hydrogen) atoms. The van der Waals surface area contributed by atoms with E-state index in [2.05, 4.69) is 20.3 Å². The first kappa shape index (κ1) is 17.3. The summed E-state index contributed by atoms with van der Waals surface area (Å²) >= 11 is 0. The number of hydrogen-bond donors (Lipinski definition) is 1. The molecule has 0 bridgehead atoms. The second-order valence-corrected chi connectivity index (χ2v) is 5.89. The predicted octanol–water partition coefficient (Wildman–Crippen LogP) is 1.45. The molecule has 2 aromatic rings. The fraction of sp³-hybridized carbons (Fsp3) is 0.444. The van der Waals surface area contributed by atoms with Crippen molar-refractivity contribution in [1.29, 1.82) is 0 Å². The molecule has 0 aliphatic carbocycles. The van der Waals surface area contributed by atoms with E-state index in [0.29, 0.717) is 19.8 Å². The van der Waals surface area contributed by atoms with E-state index in [9.17, 15) is 0 Å². The van der Waals surface area contributed by atoms with Gasteiger partial charge in [0.1, 0.15) is 18.5 Å². The number of morpholine rings is 1. The molecule has 1 saturated heterocycles. The minimum Gasteiger partial charge on any atom is -0.492 e. The van der Waals surface area contributed by atoms with Crippen LogP contribution >= 0.6 is 0 Å². The van der Waals surface area contributed by atoms with Crippen LogP contribution in [0.3, 0.4) is 0 Å². The van der Waals surface area contributed by atoms with Gasteiger partial charge in [0.15, 0.2) is 5.96 Å². The summed E-state index contributed by atoms with van der Waals surface area (Å²) in [5.41, 5.74) is 1.09. The first-order valence-electron chi connectivity index (χ1n) is 8.50. The van der Waals surface area contributed by atoms with Crippen molar-refractivity contribution in [2.75, 3.05) is 39.9 Å². The Hall–Kier alpha value is -2.54. The van der Waals surface area contributed by atoms with Gasteiger partial charge in [-0.1, -0.05) is 18.2 Å². The van der Waals surface area contributed by atoms with E-state index in [1.54, 1.807) is 11.7 Å². The van der Waals surface area contributed by atoms with E-state index in [-0.39, 0.29) is 6.10 Å². The zero-order chi connectivity index (χ0) is 17.5. The van der Waals surface area contributed by atoms with Crippen molar-refractivity contribution >= 4 is 5.96 Å². The number of nitrogens with zero attached hydrogens (tertiary/aromatic N) is 4. The molecule has 1 aromatic heterocycles. The third-order valence-corrected chi connectivity index (χ3v) is 4.07. The fourth-order valence-electron chi connectivity index (χ4n) is 2.83. The van der Waals surface area contributed by atoms with Crippen LogP contribution in [0.5, 0.6) is 5.75 Å². The van der Waals surface area contributed by atoms with Crippen LogP contribution in [-0.2, 0) is 11.8 Å². The van der Waals surface area contributed by atoms with Gasteiger partial charge in [-0.2, -0.15) is 5.10 Å². The summed E-state index contributed by atoms with van der Waals surface area (Å²) in [6, 6.07) is 9.82. The Kier molecular flexibility index (Phi) is 5.90. The molecule has 1 aliphatic rings. The lowest BCUT2D eigenvalue weighted by molar-refractivity contribution is -0.00805. The summed E-state index contributed by atoms with van der Waals surface area (Å²) in [5.74, 6) is 1.75. The van der Waals surface area contributed by atoms with Crippen molar-refractivity contribution in [3.8, 4) is 5.75 Å².